The molecule has 0 spiro atoms. The van der Waals surface area contributed by atoms with Crippen molar-refractivity contribution in [2.24, 2.45) is 0 Å². The first-order chi connectivity index (χ1) is 8.33. The highest BCUT2D eigenvalue weighted by atomic mass is 16.6. The molecule has 0 unspecified atom stereocenters. The second-order valence-electron chi connectivity index (χ2n) is 5.14. The third-order valence-corrected chi connectivity index (χ3v) is 2.34. The molecule has 5 heteroatoms. The average molecular weight is 255 g/mol. The van der Waals surface area contributed by atoms with Gasteiger partial charge in [-0.2, -0.15) is 0 Å². The fraction of sp³-hybridized carbons (Fsp3) is 0.692. The summed E-state index contributed by atoms with van der Waals surface area (Å²) < 4.78 is 10.2. The van der Waals surface area contributed by atoms with E-state index < -0.39 is 11.7 Å². The van der Waals surface area contributed by atoms with E-state index in [0.29, 0.717) is 25.1 Å². The van der Waals surface area contributed by atoms with Crippen molar-refractivity contribution in [3.63, 3.8) is 0 Å². The first kappa shape index (κ1) is 14.5. The number of carbonyl (C=O) groups is 2. The van der Waals surface area contributed by atoms with Crippen LogP contribution in [0.15, 0.2) is 11.6 Å². The molecule has 1 aliphatic heterocycles. The molecule has 0 aliphatic carbocycles. The van der Waals surface area contributed by atoms with Crippen LogP contribution in [0.25, 0.3) is 0 Å². The van der Waals surface area contributed by atoms with Crippen LogP contribution in [0, 0.1) is 0 Å². The SMILES string of the molecule is CCOC(=O)C1=CCCN(C(=O)OC(C)(C)C)C1. The highest BCUT2D eigenvalue weighted by Crippen LogP contribution is 2.15. The molecule has 0 bridgehead atoms. The maximum absolute atomic E-state index is 11.9. The lowest BCUT2D eigenvalue weighted by Crippen LogP contribution is -2.41. The van der Waals surface area contributed by atoms with Gasteiger partial charge in [0.25, 0.3) is 0 Å². The predicted octanol–water partition coefficient (Wildman–Crippen LogP) is 2.12. The third kappa shape index (κ3) is 4.39. The number of esters is 1. The zero-order chi connectivity index (χ0) is 13.8. The second kappa shape index (κ2) is 5.89. The molecule has 0 aromatic rings. The van der Waals surface area contributed by atoms with Crippen molar-refractivity contribution in [1.82, 2.24) is 4.90 Å². The molecule has 1 heterocycles. The van der Waals surface area contributed by atoms with E-state index in [1.165, 1.54) is 4.90 Å². The van der Waals surface area contributed by atoms with Gasteiger partial charge in [0.2, 0.25) is 0 Å². The van der Waals surface area contributed by atoms with Crippen molar-refractivity contribution >= 4 is 12.1 Å². The summed E-state index contributed by atoms with van der Waals surface area (Å²) in [5.74, 6) is -0.356. The van der Waals surface area contributed by atoms with Gasteiger partial charge in [-0.3, -0.25) is 0 Å². The zero-order valence-electron chi connectivity index (χ0n) is 11.5. The van der Waals surface area contributed by atoms with Crippen LogP contribution in [0.3, 0.4) is 0 Å². The van der Waals surface area contributed by atoms with Crippen LogP contribution in [0.4, 0.5) is 4.79 Å². The highest BCUT2D eigenvalue weighted by molar-refractivity contribution is 5.90. The molecule has 1 aliphatic rings. The maximum atomic E-state index is 11.9. The molecule has 102 valence electrons. The lowest BCUT2D eigenvalue weighted by molar-refractivity contribution is -0.138. The van der Waals surface area contributed by atoms with Crippen LogP contribution in [-0.2, 0) is 14.3 Å². The molecule has 0 saturated carbocycles. The number of hydrogen-bond donors (Lipinski definition) is 0. The summed E-state index contributed by atoms with van der Waals surface area (Å²) in [6.45, 7) is 8.37. The predicted molar refractivity (Wildman–Crippen MR) is 67.1 cm³/mol. The molecular formula is C13H21NO4. The number of nitrogens with zero attached hydrogens (tertiary/aromatic N) is 1. The standard InChI is InChI=1S/C13H21NO4/c1-5-17-11(15)10-7-6-8-14(9-10)12(16)18-13(2,3)4/h7H,5-6,8-9H2,1-4H3. The topological polar surface area (TPSA) is 55.8 Å². The molecule has 0 aromatic carbocycles. The Bertz CT molecular complexity index is 354. The van der Waals surface area contributed by atoms with E-state index in [4.69, 9.17) is 9.47 Å². The summed E-state index contributed by atoms with van der Waals surface area (Å²) in [6.07, 6.45) is 2.07. The first-order valence-corrected chi connectivity index (χ1v) is 6.17. The number of carbonyl (C=O) groups excluding carboxylic acids is 2. The Balaban J connectivity index is 2.59. The lowest BCUT2D eigenvalue weighted by Gasteiger charge is -2.29. The van der Waals surface area contributed by atoms with Crippen LogP contribution in [0.1, 0.15) is 34.1 Å². The van der Waals surface area contributed by atoms with Crippen molar-refractivity contribution in [1.29, 1.82) is 0 Å². The van der Waals surface area contributed by atoms with E-state index in [9.17, 15) is 9.59 Å². The van der Waals surface area contributed by atoms with Gasteiger partial charge in [-0.15, -0.1) is 0 Å². The molecule has 0 saturated heterocycles. The largest absolute Gasteiger partial charge is 0.463 e. The van der Waals surface area contributed by atoms with Gasteiger partial charge < -0.3 is 14.4 Å². The molecule has 0 N–H and O–H groups in total. The number of ether oxygens (including phenoxy) is 2. The zero-order valence-corrected chi connectivity index (χ0v) is 11.5. The summed E-state index contributed by atoms with van der Waals surface area (Å²) >= 11 is 0. The van der Waals surface area contributed by atoms with E-state index in [1.807, 2.05) is 26.8 Å². The minimum absolute atomic E-state index is 0.258. The minimum atomic E-state index is -0.525. The summed E-state index contributed by atoms with van der Waals surface area (Å²) in [5, 5.41) is 0. The van der Waals surface area contributed by atoms with Crippen LogP contribution < -0.4 is 0 Å². The molecular weight excluding hydrogens is 234 g/mol. The second-order valence-corrected chi connectivity index (χ2v) is 5.14. The average Bonchev–Trinajstić information content (AvgIpc) is 2.27. The number of amides is 1. The van der Waals surface area contributed by atoms with Crippen molar-refractivity contribution in [2.75, 3.05) is 19.7 Å². The van der Waals surface area contributed by atoms with Gasteiger partial charge in [0.1, 0.15) is 5.60 Å². The smallest absolute Gasteiger partial charge is 0.410 e. The summed E-state index contributed by atoms with van der Waals surface area (Å²) in [5.41, 5.74) is -0.00328. The Hall–Kier alpha value is -1.52. The van der Waals surface area contributed by atoms with E-state index in [-0.39, 0.29) is 12.5 Å². The number of rotatable bonds is 2. The van der Waals surface area contributed by atoms with Gasteiger partial charge in [-0.05, 0) is 34.1 Å². The molecule has 0 atom stereocenters. The molecule has 0 radical (unpaired) electrons. The summed E-state index contributed by atoms with van der Waals surface area (Å²) in [6, 6.07) is 0. The molecule has 5 nitrogen and oxygen atoms in total. The fourth-order valence-electron chi connectivity index (χ4n) is 1.60. The van der Waals surface area contributed by atoms with Crippen molar-refractivity contribution < 1.29 is 19.1 Å². The highest BCUT2D eigenvalue weighted by Gasteiger charge is 2.26. The van der Waals surface area contributed by atoms with Crippen LogP contribution >= 0.6 is 0 Å². The molecule has 0 aromatic heterocycles. The van der Waals surface area contributed by atoms with Crippen molar-refractivity contribution in [2.45, 2.75) is 39.7 Å². The summed E-state index contributed by atoms with van der Waals surface area (Å²) in [4.78, 5) is 25.0. The van der Waals surface area contributed by atoms with E-state index >= 15 is 0 Å². The van der Waals surface area contributed by atoms with Crippen LogP contribution in [-0.4, -0.2) is 42.3 Å². The van der Waals surface area contributed by atoms with Crippen molar-refractivity contribution in [3.05, 3.63) is 11.6 Å². The Morgan fingerprint density at radius 3 is 2.61 bits per heavy atom. The maximum Gasteiger partial charge on any atom is 0.410 e. The lowest BCUT2D eigenvalue weighted by atomic mass is 10.1. The normalized spacial score (nSPS) is 16.0. The Kier molecular flexibility index (Phi) is 4.76. The molecule has 1 rings (SSSR count). The van der Waals surface area contributed by atoms with E-state index in [2.05, 4.69) is 0 Å². The van der Waals surface area contributed by atoms with Crippen LogP contribution in [0.2, 0.25) is 0 Å². The van der Waals surface area contributed by atoms with Gasteiger partial charge in [0.05, 0.1) is 18.7 Å². The Morgan fingerprint density at radius 1 is 1.39 bits per heavy atom. The molecule has 1 amide bonds. The van der Waals surface area contributed by atoms with Gasteiger partial charge >= 0.3 is 12.1 Å². The molecule has 18 heavy (non-hydrogen) atoms. The number of hydrogen-bond acceptors (Lipinski definition) is 4. The Labute approximate surface area is 108 Å². The van der Waals surface area contributed by atoms with Gasteiger partial charge in [-0.1, -0.05) is 6.08 Å². The third-order valence-electron chi connectivity index (χ3n) is 2.34. The quantitative estimate of drug-likeness (QED) is 0.709. The monoisotopic (exact) mass is 255 g/mol. The fourth-order valence-corrected chi connectivity index (χ4v) is 1.60. The Morgan fingerprint density at radius 2 is 2.06 bits per heavy atom. The molecule has 0 fully saturated rings. The minimum Gasteiger partial charge on any atom is -0.463 e. The van der Waals surface area contributed by atoms with E-state index in [1.54, 1.807) is 6.92 Å². The van der Waals surface area contributed by atoms with Crippen LogP contribution in [0.5, 0.6) is 0 Å². The summed E-state index contributed by atoms with van der Waals surface area (Å²) in [7, 11) is 0. The van der Waals surface area contributed by atoms with Crippen molar-refractivity contribution in [3.8, 4) is 0 Å². The van der Waals surface area contributed by atoms with Gasteiger partial charge in [0.15, 0.2) is 0 Å². The first-order valence-electron chi connectivity index (χ1n) is 6.17. The van der Waals surface area contributed by atoms with Gasteiger partial charge in [0, 0.05) is 6.54 Å². The van der Waals surface area contributed by atoms with E-state index in [0.717, 1.165) is 0 Å². The van der Waals surface area contributed by atoms with Gasteiger partial charge in [-0.25, -0.2) is 9.59 Å².